The molecule has 0 saturated carbocycles. The number of carbonyl (C=O) groups excluding carboxylic acids is 1. The van der Waals surface area contributed by atoms with Gasteiger partial charge >= 0.3 is 5.97 Å². The Bertz CT molecular complexity index is 395. The van der Waals surface area contributed by atoms with E-state index in [4.69, 9.17) is 10.5 Å². The van der Waals surface area contributed by atoms with Gasteiger partial charge in [-0.2, -0.15) is 0 Å². The standard InChI is InChI=1S/C12H16FNO3/c1-8-3-4-9(7-10(8)13)17-6-5-11(14)12(15)16-2/h3-4,7,11H,5-6,14H2,1-2H3. The fraction of sp³-hybridized carbons (Fsp3) is 0.417. The maximum Gasteiger partial charge on any atom is 0.322 e. The molecule has 1 aromatic rings. The van der Waals surface area contributed by atoms with E-state index in [0.29, 0.717) is 17.7 Å². The van der Waals surface area contributed by atoms with Crippen LogP contribution in [0.2, 0.25) is 0 Å². The van der Waals surface area contributed by atoms with E-state index in [-0.39, 0.29) is 12.4 Å². The van der Waals surface area contributed by atoms with E-state index in [1.807, 2.05) is 0 Å². The van der Waals surface area contributed by atoms with Crippen molar-refractivity contribution in [1.82, 2.24) is 0 Å². The molecule has 17 heavy (non-hydrogen) atoms. The third kappa shape index (κ3) is 4.03. The van der Waals surface area contributed by atoms with E-state index in [1.165, 1.54) is 13.2 Å². The van der Waals surface area contributed by atoms with E-state index < -0.39 is 12.0 Å². The zero-order valence-corrected chi connectivity index (χ0v) is 9.90. The number of hydrogen-bond acceptors (Lipinski definition) is 4. The highest BCUT2D eigenvalue weighted by Crippen LogP contribution is 2.16. The summed E-state index contributed by atoms with van der Waals surface area (Å²) in [5.74, 6) is -0.381. The first-order valence-corrected chi connectivity index (χ1v) is 5.27. The molecule has 5 heteroatoms. The number of hydrogen-bond donors (Lipinski definition) is 1. The average Bonchev–Trinajstić information content (AvgIpc) is 2.32. The Morgan fingerprint density at radius 2 is 2.24 bits per heavy atom. The second-order valence-corrected chi connectivity index (χ2v) is 3.68. The number of aryl methyl sites for hydroxylation is 1. The summed E-state index contributed by atoms with van der Waals surface area (Å²) in [5, 5.41) is 0. The summed E-state index contributed by atoms with van der Waals surface area (Å²) in [5.41, 5.74) is 6.08. The van der Waals surface area contributed by atoms with Crippen LogP contribution in [0.25, 0.3) is 0 Å². The number of methoxy groups -OCH3 is 1. The molecule has 1 atom stereocenters. The van der Waals surface area contributed by atoms with Crippen LogP contribution < -0.4 is 10.5 Å². The van der Waals surface area contributed by atoms with Crippen LogP contribution in [0.15, 0.2) is 18.2 Å². The zero-order chi connectivity index (χ0) is 12.8. The fourth-order valence-corrected chi connectivity index (χ4v) is 1.24. The van der Waals surface area contributed by atoms with Crippen molar-refractivity contribution in [3.05, 3.63) is 29.6 Å². The number of halogens is 1. The third-order valence-corrected chi connectivity index (χ3v) is 2.34. The first-order chi connectivity index (χ1) is 8.04. The van der Waals surface area contributed by atoms with Crippen molar-refractivity contribution >= 4 is 5.97 Å². The third-order valence-electron chi connectivity index (χ3n) is 2.34. The van der Waals surface area contributed by atoms with Crippen LogP contribution in [0.1, 0.15) is 12.0 Å². The lowest BCUT2D eigenvalue weighted by atomic mass is 10.2. The van der Waals surface area contributed by atoms with E-state index in [0.717, 1.165) is 0 Å². The van der Waals surface area contributed by atoms with Crippen molar-refractivity contribution < 1.29 is 18.7 Å². The molecule has 2 N–H and O–H groups in total. The molecule has 0 spiro atoms. The van der Waals surface area contributed by atoms with E-state index in [2.05, 4.69) is 4.74 Å². The van der Waals surface area contributed by atoms with E-state index >= 15 is 0 Å². The lowest BCUT2D eigenvalue weighted by Crippen LogP contribution is -2.33. The van der Waals surface area contributed by atoms with Gasteiger partial charge < -0.3 is 15.2 Å². The highest BCUT2D eigenvalue weighted by atomic mass is 19.1. The monoisotopic (exact) mass is 241 g/mol. The van der Waals surface area contributed by atoms with Crippen LogP contribution in [-0.4, -0.2) is 25.7 Å². The lowest BCUT2D eigenvalue weighted by Gasteiger charge is -2.10. The zero-order valence-electron chi connectivity index (χ0n) is 9.90. The van der Waals surface area contributed by atoms with Crippen molar-refractivity contribution in [3.63, 3.8) is 0 Å². The molecule has 0 bridgehead atoms. The largest absolute Gasteiger partial charge is 0.493 e. The molecule has 0 aromatic heterocycles. The smallest absolute Gasteiger partial charge is 0.322 e. The highest BCUT2D eigenvalue weighted by Gasteiger charge is 2.13. The molecule has 0 amide bonds. The Morgan fingerprint density at radius 1 is 1.53 bits per heavy atom. The molecule has 1 rings (SSSR count). The van der Waals surface area contributed by atoms with Gasteiger partial charge in [0.25, 0.3) is 0 Å². The predicted octanol–water partition coefficient (Wildman–Crippen LogP) is 1.40. The van der Waals surface area contributed by atoms with Gasteiger partial charge in [-0.1, -0.05) is 6.07 Å². The number of esters is 1. The van der Waals surface area contributed by atoms with Crippen molar-refractivity contribution in [2.45, 2.75) is 19.4 Å². The summed E-state index contributed by atoms with van der Waals surface area (Å²) in [6.07, 6.45) is 0.322. The molecule has 0 saturated heterocycles. The van der Waals surface area contributed by atoms with Gasteiger partial charge in [-0.05, 0) is 18.6 Å². The summed E-state index contributed by atoms with van der Waals surface area (Å²) in [6.45, 7) is 1.91. The SMILES string of the molecule is COC(=O)C(N)CCOc1ccc(C)c(F)c1. The number of carbonyl (C=O) groups is 1. The Hall–Kier alpha value is -1.62. The minimum atomic E-state index is -0.713. The summed E-state index contributed by atoms with van der Waals surface area (Å²) in [6, 6.07) is 3.89. The van der Waals surface area contributed by atoms with E-state index in [1.54, 1.807) is 19.1 Å². The van der Waals surface area contributed by atoms with Crippen LogP contribution in [0, 0.1) is 12.7 Å². The Kier molecular flexibility index (Phi) is 4.90. The number of ether oxygens (including phenoxy) is 2. The maximum atomic E-state index is 13.2. The summed E-state index contributed by atoms with van der Waals surface area (Å²) >= 11 is 0. The van der Waals surface area contributed by atoms with Gasteiger partial charge in [-0.15, -0.1) is 0 Å². The number of rotatable bonds is 5. The second-order valence-electron chi connectivity index (χ2n) is 3.68. The molecular weight excluding hydrogens is 225 g/mol. The van der Waals surface area contributed by atoms with Gasteiger partial charge in [0.05, 0.1) is 13.7 Å². The van der Waals surface area contributed by atoms with Crippen LogP contribution in [0.5, 0.6) is 5.75 Å². The van der Waals surface area contributed by atoms with Crippen LogP contribution in [0.3, 0.4) is 0 Å². The van der Waals surface area contributed by atoms with Crippen LogP contribution >= 0.6 is 0 Å². The van der Waals surface area contributed by atoms with Gasteiger partial charge in [0.1, 0.15) is 17.6 Å². The molecule has 0 fully saturated rings. The molecule has 0 aliphatic carbocycles. The van der Waals surface area contributed by atoms with Crippen molar-refractivity contribution in [2.24, 2.45) is 5.73 Å². The topological polar surface area (TPSA) is 61.5 Å². The first-order valence-electron chi connectivity index (χ1n) is 5.27. The minimum absolute atomic E-state index is 0.235. The minimum Gasteiger partial charge on any atom is -0.493 e. The summed E-state index contributed by atoms with van der Waals surface area (Å²) < 4.78 is 22.9. The molecule has 0 radical (unpaired) electrons. The van der Waals surface area contributed by atoms with Gasteiger partial charge in [0, 0.05) is 12.5 Å². The molecule has 0 aliphatic heterocycles. The highest BCUT2D eigenvalue weighted by molar-refractivity contribution is 5.75. The number of benzene rings is 1. The summed E-state index contributed by atoms with van der Waals surface area (Å²) in [7, 11) is 1.28. The molecule has 1 unspecified atom stereocenters. The first kappa shape index (κ1) is 13.4. The van der Waals surface area contributed by atoms with Crippen LogP contribution in [0.4, 0.5) is 4.39 Å². The van der Waals surface area contributed by atoms with Gasteiger partial charge in [0.15, 0.2) is 0 Å². The molecule has 94 valence electrons. The van der Waals surface area contributed by atoms with Gasteiger partial charge in [-0.3, -0.25) is 4.79 Å². The van der Waals surface area contributed by atoms with Gasteiger partial charge in [-0.25, -0.2) is 4.39 Å². The summed E-state index contributed by atoms with van der Waals surface area (Å²) in [4.78, 5) is 11.0. The van der Waals surface area contributed by atoms with Crippen molar-refractivity contribution in [2.75, 3.05) is 13.7 Å². The molecule has 0 aliphatic rings. The molecular formula is C12H16FNO3. The molecule has 0 heterocycles. The fourth-order valence-electron chi connectivity index (χ4n) is 1.24. The maximum absolute atomic E-state index is 13.2. The lowest BCUT2D eigenvalue weighted by molar-refractivity contribution is -0.142. The van der Waals surface area contributed by atoms with E-state index in [9.17, 15) is 9.18 Å². The number of nitrogens with two attached hydrogens (primary N) is 1. The second kappa shape index (κ2) is 6.20. The Labute approximate surface area is 99.5 Å². The van der Waals surface area contributed by atoms with Crippen LogP contribution in [-0.2, 0) is 9.53 Å². The molecule has 1 aromatic carbocycles. The Morgan fingerprint density at radius 3 is 2.82 bits per heavy atom. The van der Waals surface area contributed by atoms with Crippen molar-refractivity contribution in [3.8, 4) is 5.75 Å². The average molecular weight is 241 g/mol. The molecule has 4 nitrogen and oxygen atoms in total. The predicted molar refractivity (Wildman–Crippen MR) is 61.2 cm³/mol. The van der Waals surface area contributed by atoms with Gasteiger partial charge in [0.2, 0.25) is 0 Å². The van der Waals surface area contributed by atoms with Crippen molar-refractivity contribution in [1.29, 1.82) is 0 Å². The quantitative estimate of drug-likeness (QED) is 0.792. The normalized spacial score (nSPS) is 12.0. The Balaban J connectivity index is 2.40.